The first-order chi connectivity index (χ1) is 11.2. The minimum absolute atomic E-state index is 0.389. The molecule has 0 fully saturated rings. The van der Waals surface area contributed by atoms with Gasteiger partial charge in [0.1, 0.15) is 5.75 Å². The van der Waals surface area contributed by atoms with Crippen LogP contribution >= 0.6 is 0 Å². The molecule has 0 spiro atoms. The quantitative estimate of drug-likeness (QED) is 0.545. The van der Waals surface area contributed by atoms with Gasteiger partial charge in [0.2, 0.25) is 0 Å². The second kappa shape index (κ2) is 6.32. The number of hydrogen-bond acceptors (Lipinski definition) is 4. The van der Waals surface area contributed by atoms with E-state index in [1.807, 2.05) is 6.07 Å². The number of esters is 2. The van der Waals surface area contributed by atoms with Crippen LogP contribution in [0.15, 0.2) is 66.7 Å². The third kappa shape index (κ3) is 3.21. The van der Waals surface area contributed by atoms with Crippen LogP contribution in [0, 0.1) is 0 Å². The van der Waals surface area contributed by atoms with E-state index >= 15 is 0 Å². The maximum Gasteiger partial charge on any atom is 0.343 e. The van der Waals surface area contributed by atoms with Gasteiger partial charge >= 0.3 is 11.9 Å². The Kier molecular flexibility index (Phi) is 4.06. The molecule has 3 rings (SSSR count). The van der Waals surface area contributed by atoms with E-state index in [1.165, 1.54) is 7.11 Å². The summed E-state index contributed by atoms with van der Waals surface area (Å²) in [4.78, 5) is 23.7. The number of carbonyl (C=O) groups is 2. The van der Waals surface area contributed by atoms with Gasteiger partial charge in [-0.05, 0) is 47.2 Å². The van der Waals surface area contributed by atoms with Crippen molar-refractivity contribution in [3.63, 3.8) is 0 Å². The molecule has 0 aliphatic carbocycles. The summed E-state index contributed by atoms with van der Waals surface area (Å²) in [7, 11) is 1.34. The Balaban J connectivity index is 1.88. The first-order valence-corrected chi connectivity index (χ1v) is 7.07. The highest BCUT2D eigenvalue weighted by atomic mass is 16.5. The summed E-state index contributed by atoms with van der Waals surface area (Å²) in [5.41, 5.74) is 0.923. The molecule has 0 radical (unpaired) electrons. The number of methoxy groups -OCH3 is 1. The molecule has 0 aromatic heterocycles. The molecule has 0 unspecified atom stereocenters. The van der Waals surface area contributed by atoms with Gasteiger partial charge in [0, 0.05) is 0 Å². The van der Waals surface area contributed by atoms with Crippen molar-refractivity contribution in [1.82, 2.24) is 0 Å². The van der Waals surface area contributed by atoms with Gasteiger partial charge in [0.25, 0.3) is 0 Å². The highest BCUT2D eigenvalue weighted by molar-refractivity contribution is 5.99. The van der Waals surface area contributed by atoms with E-state index in [4.69, 9.17) is 9.47 Å². The van der Waals surface area contributed by atoms with Gasteiger partial charge in [-0.15, -0.1) is 0 Å². The van der Waals surface area contributed by atoms with E-state index in [-0.39, 0.29) is 5.97 Å². The number of ether oxygens (including phenoxy) is 2. The molecule has 4 nitrogen and oxygen atoms in total. The predicted molar refractivity (Wildman–Crippen MR) is 86.7 cm³/mol. The molecule has 0 aliphatic rings. The van der Waals surface area contributed by atoms with Crippen LogP contribution in [0.2, 0.25) is 0 Å². The van der Waals surface area contributed by atoms with Crippen molar-refractivity contribution in [3.05, 3.63) is 77.9 Å². The highest BCUT2D eigenvalue weighted by Gasteiger charge is 2.11. The summed E-state index contributed by atoms with van der Waals surface area (Å²) in [6.07, 6.45) is 0. The van der Waals surface area contributed by atoms with Gasteiger partial charge in [-0.25, -0.2) is 9.59 Å². The van der Waals surface area contributed by atoms with E-state index in [2.05, 4.69) is 0 Å². The lowest BCUT2D eigenvalue weighted by molar-refractivity contribution is 0.0600. The van der Waals surface area contributed by atoms with Crippen molar-refractivity contribution in [2.75, 3.05) is 7.11 Å². The molecule has 114 valence electrons. The number of para-hydroxylation sites is 1. The Hall–Kier alpha value is -3.14. The van der Waals surface area contributed by atoms with Crippen molar-refractivity contribution < 1.29 is 19.1 Å². The van der Waals surface area contributed by atoms with Gasteiger partial charge in [-0.1, -0.05) is 30.3 Å². The molecule has 0 heterocycles. The van der Waals surface area contributed by atoms with Crippen molar-refractivity contribution in [2.45, 2.75) is 0 Å². The monoisotopic (exact) mass is 306 g/mol. The minimum atomic E-state index is -0.421. The number of hydrogen-bond donors (Lipinski definition) is 0. The van der Waals surface area contributed by atoms with Gasteiger partial charge in [0.05, 0.1) is 18.2 Å². The molecule has 0 atom stereocenters. The lowest BCUT2D eigenvalue weighted by Crippen LogP contribution is -2.08. The number of rotatable bonds is 3. The van der Waals surface area contributed by atoms with Crippen molar-refractivity contribution in [3.8, 4) is 5.75 Å². The molecule has 23 heavy (non-hydrogen) atoms. The number of benzene rings is 3. The summed E-state index contributed by atoms with van der Waals surface area (Å²) in [6, 6.07) is 19.3. The fourth-order valence-corrected chi connectivity index (χ4v) is 2.27. The molecule has 0 bridgehead atoms. The van der Waals surface area contributed by atoms with Gasteiger partial charge < -0.3 is 9.47 Å². The summed E-state index contributed by atoms with van der Waals surface area (Å²) in [5, 5.41) is 1.70. The average molecular weight is 306 g/mol. The zero-order valence-electron chi connectivity index (χ0n) is 12.5. The van der Waals surface area contributed by atoms with Gasteiger partial charge in [-0.2, -0.15) is 0 Å². The zero-order valence-corrected chi connectivity index (χ0v) is 12.5. The van der Waals surface area contributed by atoms with E-state index in [1.54, 1.807) is 60.7 Å². The second-order valence-corrected chi connectivity index (χ2v) is 4.97. The van der Waals surface area contributed by atoms with Gasteiger partial charge in [-0.3, -0.25) is 0 Å². The number of carbonyl (C=O) groups excluding carboxylic acids is 2. The summed E-state index contributed by atoms with van der Waals surface area (Å²) < 4.78 is 10.0. The predicted octanol–water partition coefficient (Wildman–Crippen LogP) is 3.85. The van der Waals surface area contributed by atoms with Gasteiger partial charge in [0.15, 0.2) is 0 Å². The second-order valence-electron chi connectivity index (χ2n) is 4.97. The van der Waals surface area contributed by atoms with E-state index < -0.39 is 5.97 Å². The minimum Gasteiger partial charge on any atom is -0.465 e. The van der Waals surface area contributed by atoms with Crippen LogP contribution in [0.3, 0.4) is 0 Å². The topological polar surface area (TPSA) is 52.6 Å². The Bertz CT molecular complexity index is 869. The Morgan fingerprint density at radius 2 is 1.30 bits per heavy atom. The summed E-state index contributed by atoms with van der Waals surface area (Å²) in [5.74, 6) is -0.312. The van der Waals surface area contributed by atoms with Crippen molar-refractivity contribution >= 4 is 22.7 Å². The Morgan fingerprint density at radius 3 is 1.87 bits per heavy atom. The van der Waals surface area contributed by atoms with Crippen LogP contribution < -0.4 is 4.74 Å². The smallest absolute Gasteiger partial charge is 0.343 e. The van der Waals surface area contributed by atoms with E-state index in [9.17, 15) is 9.59 Å². The third-order valence-corrected chi connectivity index (χ3v) is 3.45. The molecule has 0 amide bonds. The van der Waals surface area contributed by atoms with E-state index in [0.29, 0.717) is 16.9 Å². The van der Waals surface area contributed by atoms with Crippen LogP contribution in [0.25, 0.3) is 10.8 Å². The van der Waals surface area contributed by atoms with Crippen molar-refractivity contribution in [1.29, 1.82) is 0 Å². The summed E-state index contributed by atoms with van der Waals surface area (Å²) in [6.45, 7) is 0. The fourth-order valence-electron chi connectivity index (χ4n) is 2.27. The largest absolute Gasteiger partial charge is 0.465 e. The SMILES string of the molecule is COC(=O)c1ccc2cc(C(=O)Oc3ccccc3)ccc2c1. The summed E-state index contributed by atoms with van der Waals surface area (Å²) >= 11 is 0. The number of fused-ring (bicyclic) bond motifs is 1. The van der Waals surface area contributed by atoms with Crippen LogP contribution in [0.4, 0.5) is 0 Å². The fraction of sp³-hybridized carbons (Fsp3) is 0.0526. The molecular formula is C19H14O4. The normalized spacial score (nSPS) is 10.3. The van der Waals surface area contributed by atoms with Crippen LogP contribution in [0.1, 0.15) is 20.7 Å². The van der Waals surface area contributed by atoms with Crippen LogP contribution in [0.5, 0.6) is 5.75 Å². The average Bonchev–Trinajstić information content (AvgIpc) is 2.61. The van der Waals surface area contributed by atoms with Crippen LogP contribution in [-0.4, -0.2) is 19.0 Å². The standard InChI is InChI=1S/C19H14O4/c1-22-18(20)15-9-7-14-12-16(10-8-13(14)11-15)19(21)23-17-5-3-2-4-6-17/h2-12H,1H3. The maximum absolute atomic E-state index is 12.2. The molecule has 0 saturated carbocycles. The zero-order chi connectivity index (χ0) is 16.2. The molecule has 3 aromatic carbocycles. The molecule has 0 N–H and O–H groups in total. The Morgan fingerprint density at radius 1 is 0.739 bits per heavy atom. The van der Waals surface area contributed by atoms with Crippen LogP contribution in [-0.2, 0) is 4.74 Å². The maximum atomic E-state index is 12.2. The highest BCUT2D eigenvalue weighted by Crippen LogP contribution is 2.20. The molecular weight excluding hydrogens is 292 g/mol. The first-order valence-electron chi connectivity index (χ1n) is 7.07. The molecule has 4 heteroatoms. The third-order valence-electron chi connectivity index (χ3n) is 3.45. The molecule has 3 aromatic rings. The Labute approximate surface area is 133 Å². The lowest BCUT2D eigenvalue weighted by atomic mass is 10.0. The molecule has 0 saturated heterocycles. The van der Waals surface area contributed by atoms with Crippen molar-refractivity contribution in [2.24, 2.45) is 0 Å². The first kappa shape index (κ1) is 14.8. The lowest BCUT2D eigenvalue weighted by Gasteiger charge is -2.06. The van der Waals surface area contributed by atoms with E-state index in [0.717, 1.165) is 10.8 Å². The molecule has 0 aliphatic heterocycles.